The molecule has 1 heterocycles. The SMILES string of the molecule is CCCNC(=O)CCCC(=O)OCc1nc(Cl)ccc1Cl. The molecule has 0 aliphatic carbocycles. The van der Waals surface area contributed by atoms with Gasteiger partial charge < -0.3 is 10.1 Å². The van der Waals surface area contributed by atoms with Crippen molar-refractivity contribution in [2.24, 2.45) is 0 Å². The smallest absolute Gasteiger partial charge is 0.306 e. The Labute approximate surface area is 134 Å². The third-order valence-electron chi connectivity index (χ3n) is 2.61. The third kappa shape index (κ3) is 7.29. The number of amides is 1. The Kier molecular flexibility index (Phi) is 8.08. The molecule has 1 aromatic rings. The number of nitrogens with one attached hydrogen (secondary N) is 1. The molecule has 7 heteroatoms. The summed E-state index contributed by atoms with van der Waals surface area (Å²) in [6.45, 7) is 2.61. The number of nitrogens with zero attached hydrogens (tertiary/aromatic N) is 1. The standard InChI is InChI=1S/C14H18Cl2N2O3/c1-2-8-17-13(19)4-3-5-14(20)21-9-11-10(15)6-7-12(16)18-11/h6-7H,2-5,8-9H2,1H3,(H,17,19). The molecule has 0 aliphatic heterocycles. The average molecular weight is 333 g/mol. The first-order chi connectivity index (χ1) is 10.0. The van der Waals surface area contributed by atoms with E-state index in [0.29, 0.717) is 30.1 Å². The quantitative estimate of drug-likeness (QED) is 0.586. The lowest BCUT2D eigenvalue weighted by molar-refractivity contribution is -0.145. The highest BCUT2D eigenvalue weighted by Gasteiger charge is 2.09. The monoisotopic (exact) mass is 332 g/mol. The van der Waals surface area contributed by atoms with Crippen LogP contribution < -0.4 is 5.32 Å². The average Bonchev–Trinajstić information content (AvgIpc) is 2.46. The second-order valence-corrected chi connectivity index (χ2v) is 5.22. The number of hydrogen-bond acceptors (Lipinski definition) is 4. The van der Waals surface area contributed by atoms with Gasteiger partial charge in [0, 0.05) is 19.4 Å². The molecule has 116 valence electrons. The molecule has 0 saturated heterocycles. The van der Waals surface area contributed by atoms with Gasteiger partial charge in [-0.05, 0) is 25.0 Å². The van der Waals surface area contributed by atoms with Crippen LogP contribution in [0.2, 0.25) is 10.2 Å². The van der Waals surface area contributed by atoms with Gasteiger partial charge in [0.1, 0.15) is 11.8 Å². The largest absolute Gasteiger partial charge is 0.459 e. The number of esters is 1. The molecule has 0 aromatic carbocycles. The van der Waals surface area contributed by atoms with Crippen LogP contribution in [0.5, 0.6) is 0 Å². The van der Waals surface area contributed by atoms with Gasteiger partial charge >= 0.3 is 5.97 Å². The normalized spacial score (nSPS) is 10.2. The highest BCUT2D eigenvalue weighted by molar-refractivity contribution is 6.32. The molecule has 0 spiro atoms. The van der Waals surface area contributed by atoms with Crippen molar-refractivity contribution in [3.63, 3.8) is 0 Å². The van der Waals surface area contributed by atoms with Crippen LogP contribution in [0.4, 0.5) is 0 Å². The van der Waals surface area contributed by atoms with E-state index >= 15 is 0 Å². The van der Waals surface area contributed by atoms with Crippen LogP contribution in [0.25, 0.3) is 0 Å². The number of hydrogen-bond donors (Lipinski definition) is 1. The number of pyridine rings is 1. The molecule has 1 amide bonds. The lowest BCUT2D eigenvalue weighted by Gasteiger charge is -2.06. The first-order valence-corrected chi connectivity index (χ1v) is 7.51. The summed E-state index contributed by atoms with van der Waals surface area (Å²) in [7, 11) is 0. The van der Waals surface area contributed by atoms with Gasteiger partial charge in [0.05, 0.1) is 10.7 Å². The Morgan fingerprint density at radius 3 is 2.76 bits per heavy atom. The Morgan fingerprint density at radius 1 is 1.29 bits per heavy atom. The van der Waals surface area contributed by atoms with Gasteiger partial charge in [-0.3, -0.25) is 9.59 Å². The van der Waals surface area contributed by atoms with Gasteiger partial charge in [0.15, 0.2) is 0 Å². The third-order valence-corrected chi connectivity index (χ3v) is 3.17. The minimum Gasteiger partial charge on any atom is -0.459 e. The lowest BCUT2D eigenvalue weighted by Crippen LogP contribution is -2.23. The molecule has 21 heavy (non-hydrogen) atoms. The van der Waals surface area contributed by atoms with Crippen LogP contribution in [-0.4, -0.2) is 23.4 Å². The van der Waals surface area contributed by atoms with E-state index in [-0.39, 0.29) is 24.1 Å². The zero-order valence-electron chi connectivity index (χ0n) is 11.8. The second kappa shape index (κ2) is 9.58. The van der Waals surface area contributed by atoms with Crippen LogP contribution in [-0.2, 0) is 20.9 Å². The molecule has 0 atom stereocenters. The summed E-state index contributed by atoms with van der Waals surface area (Å²) in [6, 6.07) is 3.16. The molecule has 0 radical (unpaired) electrons. The Hall–Kier alpha value is -1.33. The number of aromatic nitrogens is 1. The fraction of sp³-hybridized carbons (Fsp3) is 0.500. The first kappa shape index (κ1) is 17.7. The zero-order valence-corrected chi connectivity index (χ0v) is 13.3. The maximum absolute atomic E-state index is 11.6. The number of carbonyl (C=O) groups excluding carboxylic acids is 2. The van der Waals surface area contributed by atoms with Crippen molar-refractivity contribution in [3.05, 3.63) is 28.0 Å². The first-order valence-electron chi connectivity index (χ1n) is 6.76. The van der Waals surface area contributed by atoms with Gasteiger partial charge in [0.2, 0.25) is 5.91 Å². The molecule has 1 aromatic heterocycles. The number of halogens is 2. The van der Waals surface area contributed by atoms with Gasteiger partial charge in [-0.25, -0.2) is 4.98 Å². The zero-order chi connectivity index (χ0) is 15.7. The molecule has 5 nitrogen and oxygen atoms in total. The molecule has 1 rings (SSSR count). The molecule has 0 aliphatic rings. The van der Waals surface area contributed by atoms with E-state index in [0.717, 1.165) is 6.42 Å². The predicted octanol–water partition coefficient (Wildman–Crippen LogP) is 3.13. The van der Waals surface area contributed by atoms with E-state index in [2.05, 4.69) is 10.3 Å². The van der Waals surface area contributed by atoms with E-state index in [4.69, 9.17) is 27.9 Å². The Balaban J connectivity index is 2.25. The molecule has 0 bridgehead atoms. The summed E-state index contributed by atoms with van der Waals surface area (Å²) in [5.41, 5.74) is 0.415. The van der Waals surface area contributed by atoms with E-state index in [1.807, 2.05) is 6.92 Å². The summed E-state index contributed by atoms with van der Waals surface area (Å²) in [6.07, 6.45) is 1.83. The molecular formula is C14H18Cl2N2O3. The van der Waals surface area contributed by atoms with Crippen molar-refractivity contribution < 1.29 is 14.3 Å². The fourth-order valence-electron chi connectivity index (χ4n) is 1.53. The van der Waals surface area contributed by atoms with Crippen molar-refractivity contribution in [1.82, 2.24) is 10.3 Å². The van der Waals surface area contributed by atoms with E-state index < -0.39 is 5.97 Å². The summed E-state index contributed by atoms with van der Waals surface area (Å²) in [5.74, 6) is -0.444. The van der Waals surface area contributed by atoms with Gasteiger partial charge in [-0.2, -0.15) is 0 Å². The molecule has 1 N–H and O–H groups in total. The van der Waals surface area contributed by atoms with Gasteiger partial charge in [-0.15, -0.1) is 0 Å². The fourth-order valence-corrected chi connectivity index (χ4v) is 1.85. The van der Waals surface area contributed by atoms with Crippen molar-refractivity contribution in [1.29, 1.82) is 0 Å². The predicted molar refractivity (Wildman–Crippen MR) is 81.2 cm³/mol. The molecule has 0 saturated carbocycles. The number of carbonyl (C=O) groups is 2. The van der Waals surface area contributed by atoms with E-state index in [9.17, 15) is 9.59 Å². The number of rotatable bonds is 8. The van der Waals surface area contributed by atoms with Crippen LogP contribution in [0.3, 0.4) is 0 Å². The van der Waals surface area contributed by atoms with Gasteiger partial charge in [0.25, 0.3) is 0 Å². The summed E-state index contributed by atoms with van der Waals surface area (Å²) >= 11 is 11.6. The van der Waals surface area contributed by atoms with Crippen molar-refractivity contribution in [2.75, 3.05) is 6.54 Å². The molecular weight excluding hydrogens is 315 g/mol. The topological polar surface area (TPSA) is 68.3 Å². The Morgan fingerprint density at radius 2 is 2.05 bits per heavy atom. The minimum absolute atomic E-state index is 0.0275. The minimum atomic E-state index is -0.392. The van der Waals surface area contributed by atoms with Crippen molar-refractivity contribution in [3.8, 4) is 0 Å². The summed E-state index contributed by atoms with van der Waals surface area (Å²) in [4.78, 5) is 26.9. The molecule has 0 unspecified atom stereocenters. The van der Waals surface area contributed by atoms with E-state index in [1.54, 1.807) is 12.1 Å². The lowest BCUT2D eigenvalue weighted by atomic mass is 10.2. The van der Waals surface area contributed by atoms with E-state index in [1.165, 1.54) is 0 Å². The van der Waals surface area contributed by atoms with Crippen LogP contribution in [0.1, 0.15) is 38.3 Å². The van der Waals surface area contributed by atoms with Crippen LogP contribution in [0, 0.1) is 0 Å². The number of ether oxygens (including phenoxy) is 1. The summed E-state index contributed by atoms with van der Waals surface area (Å²) in [5, 5.41) is 3.43. The highest BCUT2D eigenvalue weighted by Crippen LogP contribution is 2.17. The van der Waals surface area contributed by atoms with Crippen LogP contribution in [0.15, 0.2) is 12.1 Å². The van der Waals surface area contributed by atoms with Gasteiger partial charge in [-0.1, -0.05) is 30.1 Å². The maximum Gasteiger partial charge on any atom is 0.306 e. The van der Waals surface area contributed by atoms with Crippen LogP contribution >= 0.6 is 23.2 Å². The Bertz CT molecular complexity index is 495. The highest BCUT2D eigenvalue weighted by atomic mass is 35.5. The molecule has 0 fully saturated rings. The van der Waals surface area contributed by atoms with Crippen molar-refractivity contribution >= 4 is 35.1 Å². The maximum atomic E-state index is 11.6. The summed E-state index contributed by atoms with van der Waals surface area (Å²) < 4.78 is 5.05. The second-order valence-electron chi connectivity index (χ2n) is 4.43. The van der Waals surface area contributed by atoms with Crippen molar-refractivity contribution in [2.45, 2.75) is 39.2 Å².